The summed E-state index contributed by atoms with van der Waals surface area (Å²) in [5.41, 5.74) is 5.06. The summed E-state index contributed by atoms with van der Waals surface area (Å²) in [7, 11) is 0. The van der Waals surface area contributed by atoms with E-state index in [0.717, 1.165) is 25.9 Å². The van der Waals surface area contributed by atoms with Crippen LogP contribution in [0.2, 0.25) is 0 Å². The van der Waals surface area contributed by atoms with Crippen LogP contribution < -0.4 is 11.1 Å². The van der Waals surface area contributed by atoms with Gasteiger partial charge in [0.05, 0.1) is 11.1 Å². The molecule has 2 fully saturated rings. The standard InChI is InChI=1S/C13H22N2O3S/c14-11(19)13(4-7-17-8-5-13)12(16)15-9-10-3-1-2-6-18-10/h10H,1-9H2,(H2,14,19)(H,15,16). The lowest BCUT2D eigenvalue weighted by atomic mass is 9.79. The van der Waals surface area contributed by atoms with Crippen LogP contribution in [0.25, 0.3) is 0 Å². The maximum atomic E-state index is 12.4. The maximum Gasteiger partial charge on any atom is 0.233 e. The fourth-order valence-electron chi connectivity index (χ4n) is 2.65. The molecular formula is C13H22N2O3S. The van der Waals surface area contributed by atoms with E-state index in [1.54, 1.807) is 0 Å². The highest BCUT2D eigenvalue weighted by Crippen LogP contribution is 2.31. The van der Waals surface area contributed by atoms with Gasteiger partial charge in [-0.1, -0.05) is 12.2 Å². The van der Waals surface area contributed by atoms with Crippen LogP contribution in [0.1, 0.15) is 32.1 Å². The molecule has 108 valence electrons. The molecule has 3 N–H and O–H groups in total. The number of hydrogen-bond donors (Lipinski definition) is 2. The SMILES string of the molecule is NC(=S)C1(C(=O)NCC2CCCCO2)CCOCC1. The van der Waals surface area contributed by atoms with Crippen molar-refractivity contribution < 1.29 is 14.3 Å². The van der Waals surface area contributed by atoms with Crippen LogP contribution >= 0.6 is 12.2 Å². The smallest absolute Gasteiger partial charge is 0.233 e. The predicted octanol–water partition coefficient (Wildman–Crippen LogP) is 0.755. The molecule has 0 saturated carbocycles. The third-order valence-electron chi connectivity index (χ3n) is 4.02. The molecule has 2 rings (SSSR count). The normalized spacial score (nSPS) is 26.6. The zero-order valence-corrected chi connectivity index (χ0v) is 12.0. The third-order valence-corrected chi connectivity index (χ3v) is 4.41. The van der Waals surface area contributed by atoms with Gasteiger partial charge in [-0.2, -0.15) is 0 Å². The van der Waals surface area contributed by atoms with Gasteiger partial charge in [-0.3, -0.25) is 4.79 Å². The fourth-order valence-corrected chi connectivity index (χ4v) is 2.95. The molecule has 2 aliphatic heterocycles. The van der Waals surface area contributed by atoms with Gasteiger partial charge in [0, 0.05) is 26.4 Å². The third kappa shape index (κ3) is 3.43. The molecule has 2 heterocycles. The van der Waals surface area contributed by atoms with E-state index in [2.05, 4.69) is 5.32 Å². The summed E-state index contributed by atoms with van der Waals surface area (Å²) >= 11 is 5.10. The number of hydrogen-bond acceptors (Lipinski definition) is 4. The molecule has 0 bridgehead atoms. The number of rotatable bonds is 4. The molecule has 1 unspecified atom stereocenters. The number of carbonyl (C=O) groups is 1. The first-order valence-electron chi connectivity index (χ1n) is 6.93. The molecule has 1 amide bonds. The van der Waals surface area contributed by atoms with Crippen molar-refractivity contribution in [1.82, 2.24) is 5.32 Å². The minimum absolute atomic E-state index is 0.0718. The first-order chi connectivity index (χ1) is 9.15. The van der Waals surface area contributed by atoms with Gasteiger partial charge in [-0.15, -0.1) is 0 Å². The molecule has 2 aliphatic rings. The second-order valence-electron chi connectivity index (χ2n) is 5.26. The van der Waals surface area contributed by atoms with Crippen LogP contribution in [0.3, 0.4) is 0 Å². The van der Waals surface area contributed by atoms with Crippen LogP contribution in [-0.4, -0.2) is 43.4 Å². The lowest BCUT2D eigenvalue weighted by molar-refractivity contribution is -0.132. The predicted molar refractivity (Wildman–Crippen MR) is 75.9 cm³/mol. The van der Waals surface area contributed by atoms with E-state index in [-0.39, 0.29) is 17.0 Å². The van der Waals surface area contributed by atoms with Gasteiger partial charge >= 0.3 is 0 Å². The number of amides is 1. The summed E-state index contributed by atoms with van der Waals surface area (Å²) in [6.07, 6.45) is 4.54. The van der Waals surface area contributed by atoms with E-state index in [9.17, 15) is 4.79 Å². The second-order valence-corrected chi connectivity index (χ2v) is 5.70. The molecule has 0 radical (unpaired) electrons. The Morgan fingerprint density at radius 1 is 1.32 bits per heavy atom. The summed E-state index contributed by atoms with van der Waals surface area (Å²) in [5, 5.41) is 2.96. The van der Waals surface area contributed by atoms with E-state index in [4.69, 9.17) is 27.4 Å². The minimum atomic E-state index is -0.734. The first kappa shape index (κ1) is 14.7. The number of nitrogens with two attached hydrogens (primary N) is 1. The van der Waals surface area contributed by atoms with Gasteiger partial charge in [0.25, 0.3) is 0 Å². The quantitative estimate of drug-likeness (QED) is 0.746. The van der Waals surface area contributed by atoms with E-state index in [1.165, 1.54) is 0 Å². The second kappa shape index (κ2) is 6.63. The summed E-state index contributed by atoms with van der Waals surface area (Å²) in [6, 6.07) is 0. The topological polar surface area (TPSA) is 73.6 Å². The van der Waals surface area contributed by atoms with Crippen LogP contribution in [0.5, 0.6) is 0 Å². The average molecular weight is 286 g/mol. The average Bonchev–Trinajstić information content (AvgIpc) is 2.46. The largest absolute Gasteiger partial charge is 0.392 e. The summed E-state index contributed by atoms with van der Waals surface area (Å²) in [6.45, 7) is 2.40. The Balaban J connectivity index is 1.90. The molecule has 0 aliphatic carbocycles. The Kier molecular flexibility index (Phi) is 5.13. The molecule has 2 saturated heterocycles. The summed E-state index contributed by atoms with van der Waals surface area (Å²) in [5.74, 6) is -0.0718. The van der Waals surface area contributed by atoms with E-state index >= 15 is 0 Å². The van der Waals surface area contributed by atoms with Crippen molar-refractivity contribution in [1.29, 1.82) is 0 Å². The van der Waals surface area contributed by atoms with Crippen molar-refractivity contribution in [3.05, 3.63) is 0 Å². The van der Waals surface area contributed by atoms with Gasteiger partial charge in [0.1, 0.15) is 5.41 Å². The minimum Gasteiger partial charge on any atom is -0.392 e. The molecule has 1 atom stereocenters. The Morgan fingerprint density at radius 2 is 2.05 bits per heavy atom. The van der Waals surface area contributed by atoms with E-state index < -0.39 is 5.41 Å². The van der Waals surface area contributed by atoms with Gasteiger partial charge in [0.15, 0.2) is 0 Å². The highest BCUT2D eigenvalue weighted by atomic mass is 32.1. The van der Waals surface area contributed by atoms with Crippen LogP contribution in [0, 0.1) is 5.41 Å². The van der Waals surface area contributed by atoms with Crippen molar-refractivity contribution in [3.8, 4) is 0 Å². The molecule has 6 heteroatoms. The van der Waals surface area contributed by atoms with Crippen molar-refractivity contribution >= 4 is 23.1 Å². The summed E-state index contributed by atoms with van der Waals surface area (Å²) in [4.78, 5) is 12.7. The van der Waals surface area contributed by atoms with Crippen LogP contribution in [0.4, 0.5) is 0 Å². The number of carbonyl (C=O) groups excluding carboxylic acids is 1. The Hall–Kier alpha value is -0.720. The lowest BCUT2D eigenvalue weighted by Gasteiger charge is -2.35. The molecule has 0 aromatic carbocycles. The molecule has 5 nitrogen and oxygen atoms in total. The highest BCUT2D eigenvalue weighted by molar-refractivity contribution is 7.80. The van der Waals surface area contributed by atoms with Crippen molar-refractivity contribution in [2.75, 3.05) is 26.4 Å². The maximum absolute atomic E-state index is 12.4. The Labute approximate surface area is 119 Å². The van der Waals surface area contributed by atoms with Crippen LogP contribution in [0.15, 0.2) is 0 Å². The molecule has 0 aromatic rings. The van der Waals surface area contributed by atoms with E-state index in [1.807, 2.05) is 0 Å². The molecule has 19 heavy (non-hydrogen) atoms. The van der Waals surface area contributed by atoms with Gasteiger partial charge < -0.3 is 20.5 Å². The van der Waals surface area contributed by atoms with Gasteiger partial charge in [-0.25, -0.2) is 0 Å². The van der Waals surface area contributed by atoms with Crippen molar-refractivity contribution in [2.45, 2.75) is 38.2 Å². The Morgan fingerprint density at radius 3 is 2.63 bits per heavy atom. The number of nitrogens with one attached hydrogen (secondary N) is 1. The summed E-state index contributed by atoms with van der Waals surface area (Å²) < 4.78 is 10.9. The van der Waals surface area contributed by atoms with Crippen LogP contribution in [-0.2, 0) is 14.3 Å². The van der Waals surface area contributed by atoms with Gasteiger partial charge in [0.2, 0.25) is 5.91 Å². The van der Waals surface area contributed by atoms with Crippen molar-refractivity contribution in [2.24, 2.45) is 11.1 Å². The highest BCUT2D eigenvalue weighted by Gasteiger charge is 2.43. The number of ether oxygens (including phenoxy) is 2. The monoisotopic (exact) mass is 286 g/mol. The first-order valence-corrected chi connectivity index (χ1v) is 7.33. The van der Waals surface area contributed by atoms with Crippen molar-refractivity contribution in [3.63, 3.8) is 0 Å². The zero-order chi connectivity index (χ0) is 13.7. The van der Waals surface area contributed by atoms with Gasteiger partial charge in [-0.05, 0) is 32.1 Å². The molecule has 0 spiro atoms. The Bertz CT molecular complexity index is 337. The number of thiocarbonyl (C=S) groups is 1. The lowest BCUT2D eigenvalue weighted by Crippen LogP contribution is -2.53. The molecule has 0 aromatic heterocycles. The van der Waals surface area contributed by atoms with E-state index in [0.29, 0.717) is 32.6 Å². The molecular weight excluding hydrogens is 264 g/mol. The fraction of sp³-hybridized carbons (Fsp3) is 0.846. The zero-order valence-electron chi connectivity index (χ0n) is 11.2.